The van der Waals surface area contributed by atoms with E-state index in [2.05, 4.69) is 25.3 Å². The van der Waals surface area contributed by atoms with E-state index in [-0.39, 0.29) is 18.1 Å². The van der Waals surface area contributed by atoms with Crippen LogP contribution >= 0.6 is 0 Å². The number of fused-ring (bicyclic) bond motifs is 1. The van der Waals surface area contributed by atoms with Crippen molar-refractivity contribution in [3.63, 3.8) is 0 Å². The summed E-state index contributed by atoms with van der Waals surface area (Å²) in [4.78, 5) is 24.8. The molecule has 3 aromatic heterocycles. The van der Waals surface area contributed by atoms with Crippen molar-refractivity contribution in [2.75, 3.05) is 5.32 Å². The van der Waals surface area contributed by atoms with Crippen LogP contribution in [0.5, 0.6) is 0 Å². The van der Waals surface area contributed by atoms with Gasteiger partial charge in [-0.1, -0.05) is 12.1 Å². The maximum absolute atomic E-state index is 14.5. The first-order chi connectivity index (χ1) is 13.1. The molecule has 4 aromatic rings. The van der Waals surface area contributed by atoms with E-state index in [0.29, 0.717) is 39.2 Å². The van der Waals surface area contributed by atoms with Gasteiger partial charge >= 0.3 is 5.69 Å². The molecule has 0 fully saturated rings. The summed E-state index contributed by atoms with van der Waals surface area (Å²) in [5.41, 5.74) is 2.99. The van der Waals surface area contributed by atoms with Crippen LogP contribution in [0.15, 0.2) is 53.6 Å². The Bertz CT molecular complexity index is 1220. The minimum Gasteiger partial charge on any atom is -0.366 e. The van der Waals surface area contributed by atoms with Crippen LogP contribution in [0.1, 0.15) is 11.1 Å². The Hall–Kier alpha value is -3.99. The number of halogens is 1. The molecule has 7 nitrogen and oxygen atoms in total. The number of benzene rings is 1. The number of hydrogen-bond acceptors (Lipinski definition) is 5. The first-order valence-electron chi connectivity index (χ1n) is 8.09. The third-order valence-electron chi connectivity index (χ3n) is 4.11. The molecule has 0 atom stereocenters. The highest BCUT2D eigenvalue weighted by atomic mass is 19.1. The first-order valence-corrected chi connectivity index (χ1v) is 8.09. The maximum Gasteiger partial charge on any atom is 0.325 e. The maximum atomic E-state index is 14.5. The quantitative estimate of drug-likeness (QED) is 0.518. The monoisotopic (exact) mass is 360 g/mol. The minimum absolute atomic E-state index is 0.257. The molecule has 0 amide bonds. The number of nitrogens with one attached hydrogen (secondary N) is 3. The van der Waals surface area contributed by atoms with Crippen molar-refractivity contribution in [3.05, 3.63) is 76.2 Å². The fraction of sp³-hybridized carbons (Fsp3) is 0.0526. The normalized spacial score (nSPS) is 10.7. The molecule has 0 saturated carbocycles. The SMILES string of the molecule is N#Cc1ccc(NCc2ccc(-c3cnc4[nH]c(=O)[nH]c4c3)cc2F)nc1. The molecule has 0 bridgehead atoms. The number of imidazole rings is 1. The Morgan fingerprint density at radius 3 is 2.70 bits per heavy atom. The van der Waals surface area contributed by atoms with E-state index in [4.69, 9.17) is 5.26 Å². The summed E-state index contributed by atoms with van der Waals surface area (Å²) in [6, 6.07) is 12.0. The minimum atomic E-state index is -0.365. The van der Waals surface area contributed by atoms with E-state index < -0.39 is 0 Å². The smallest absolute Gasteiger partial charge is 0.325 e. The number of aromatic amines is 2. The number of aromatic nitrogens is 4. The molecule has 132 valence electrons. The van der Waals surface area contributed by atoms with E-state index in [0.717, 1.165) is 0 Å². The van der Waals surface area contributed by atoms with Crippen molar-refractivity contribution in [3.8, 4) is 17.2 Å². The van der Waals surface area contributed by atoms with Gasteiger partial charge in [-0.25, -0.2) is 19.2 Å². The Morgan fingerprint density at radius 1 is 1.07 bits per heavy atom. The summed E-state index contributed by atoms with van der Waals surface area (Å²) in [7, 11) is 0. The average molecular weight is 360 g/mol. The second-order valence-corrected chi connectivity index (χ2v) is 5.90. The Morgan fingerprint density at radius 2 is 1.96 bits per heavy atom. The van der Waals surface area contributed by atoms with Crippen LogP contribution in [0.4, 0.5) is 10.2 Å². The lowest BCUT2D eigenvalue weighted by Crippen LogP contribution is -2.03. The summed E-state index contributed by atoms with van der Waals surface area (Å²) in [5.74, 6) is 0.194. The Balaban J connectivity index is 1.54. The zero-order valence-electron chi connectivity index (χ0n) is 14.0. The number of hydrogen-bond donors (Lipinski definition) is 3. The molecule has 0 radical (unpaired) electrons. The van der Waals surface area contributed by atoms with Crippen LogP contribution in [-0.4, -0.2) is 19.9 Å². The van der Waals surface area contributed by atoms with Crippen LogP contribution in [0, 0.1) is 17.1 Å². The molecule has 0 spiro atoms. The Labute approximate surface area is 152 Å². The standard InChI is InChI=1S/C19H13FN6O/c20-15-5-12(14-6-16-18(24-10-14)26-19(27)25-16)2-3-13(15)9-23-17-4-1-11(7-21)8-22-17/h1-6,8,10H,9H2,(H,22,23)(H2,24,25,26,27). The zero-order valence-corrected chi connectivity index (χ0v) is 14.0. The van der Waals surface area contributed by atoms with Crippen LogP contribution in [0.25, 0.3) is 22.3 Å². The molecule has 8 heteroatoms. The lowest BCUT2D eigenvalue weighted by atomic mass is 10.0. The van der Waals surface area contributed by atoms with E-state index in [9.17, 15) is 9.18 Å². The summed E-state index contributed by atoms with van der Waals surface area (Å²) in [6.45, 7) is 0.257. The molecule has 4 rings (SSSR count). The van der Waals surface area contributed by atoms with Crippen LogP contribution < -0.4 is 11.0 Å². The van der Waals surface area contributed by atoms with Gasteiger partial charge in [-0.05, 0) is 29.8 Å². The second kappa shape index (κ2) is 6.72. The van der Waals surface area contributed by atoms with E-state index in [1.54, 1.807) is 36.5 Å². The van der Waals surface area contributed by atoms with Crippen molar-refractivity contribution < 1.29 is 4.39 Å². The molecule has 3 N–H and O–H groups in total. The van der Waals surface area contributed by atoms with E-state index >= 15 is 0 Å². The van der Waals surface area contributed by atoms with E-state index in [1.165, 1.54) is 12.3 Å². The van der Waals surface area contributed by atoms with Gasteiger partial charge in [0, 0.05) is 30.1 Å². The highest BCUT2D eigenvalue weighted by Gasteiger charge is 2.08. The zero-order chi connectivity index (χ0) is 18.8. The van der Waals surface area contributed by atoms with Gasteiger partial charge in [-0.2, -0.15) is 5.26 Å². The molecular formula is C19H13FN6O. The van der Waals surface area contributed by atoms with Gasteiger partial charge in [0.2, 0.25) is 0 Å². The van der Waals surface area contributed by atoms with E-state index in [1.807, 2.05) is 6.07 Å². The predicted octanol–water partition coefficient (Wildman–Crippen LogP) is 2.94. The third kappa shape index (κ3) is 3.39. The summed E-state index contributed by atoms with van der Waals surface area (Å²) >= 11 is 0. The number of nitrogens with zero attached hydrogens (tertiary/aromatic N) is 3. The van der Waals surface area contributed by atoms with Crippen LogP contribution in [0.3, 0.4) is 0 Å². The number of pyridine rings is 2. The van der Waals surface area contributed by atoms with Gasteiger partial charge in [0.05, 0.1) is 11.1 Å². The summed E-state index contributed by atoms with van der Waals surface area (Å²) in [6.07, 6.45) is 3.04. The molecule has 0 aliphatic heterocycles. The molecule has 0 aliphatic rings. The number of H-pyrrole nitrogens is 2. The topological polar surface area (TPSA) is 110 Å². The molecule has 0 unspecified atom stereocenters. The van der Waals surface area contributed by atoms with Crippen molar-refractivity contribution >= 4 is 17.0 Å². The molecule has 0 aliphatic carbocycles. The first kappa shape index (κ1) is 16.5. The largest absolute Gasteiger partial charge is 0.366 e. The fourth-order valence-corrected chi connectivity index (χ4v) is 2.70. The second-order valence-electron chi connectivity index (χ2n) is 5.90. The number of nitriles is 1. The van der Waals surface area contributed by atoms with Gasteiger partial charge in [-0.3, -0.25) is 4.98 Å². The van der Waals surface area contributed by atoms with Gasteiger partial charge in [-0.15, -0.1) is 0 Å². The van der Waals surface area contributed by atoms with Gasteiger partial charge < -0.3 is 10.3 Å². The summed E-state index contributed by atoms with van der Waals surface area (Å²) in [5, 5.41) is 11.8. The number of anilines is 1. The number of rotatable bonds is 4. The lowest BCUT2D eigenvalue weighted by molar-refractivity contribution is 0.613. The van der Waals surface area contributed by atoms with Crippen molar-refractivity contribution in [2.24, 2.45) is 0 Å². The lowest BCUT2D eigenvalue weighted by Gasteiger charge is -2.09. The van der Waals surface area contributed by atoms with Crippen molar-refractivity contribution in [1.82, 2.24) is 19.9 Å². The van der Waals surface area contributed by atoms with Gasteiger partial charge in [0.15, 0.2) is 5.65 Å². The highest BCUT2D eigenvalue weighted by Crippen LogP contribution is 2.23. The molecule has 27 heavy (non-hydrogen) atoms. The summed E-state index contributed by atoms with van der Waals surface area (Å²) < 4.78 is 14.5. The average Bonchev–Trinajstić information content (AvgIpc) is 3.06. The fourth-order valence-electron chi connectivity index (χ4n) is 2.70. The van der Waals surface area contributed by atoms with Crippen LogP contribution in [0.2, 0.25) is 0 Å². The van der Waals surface area contributed by atoms with Gasteiger partial charge in [0.1, 0.15) is 17.7 Å². The molecular weight excluding hydrogens is 347 g/mol. The third-order valence-corrected chi connectivity index (χ3v) is 4.11. The molecule has 1 aromatic carbocycles. The molecule has 0 saturated heterocycles. The highest BCUT2D eigenvalue weighted by molar-refractivity contribution is 5.77. The van der Waals surface area contributed by atoms with Crippen molar-refractivity contribution in [2.45, 2.75) is 6.54 Å². The van der Waals surface area contributed by atoms with Gasteiger partial charge in [0.25, 0.3) is 0 Å². The Kier molecular flexibility index (Phi) is 4.10. The van der Waals surface area contributed by atoms with Crippen molar-refractivity contribution in [1.29, 1.82) is 5.26 Å². The molecule has 3 heterocycles. The van der Waals surface area contributed by atoms with Crippen LogP contribution in [-0.2, 0) is 6.54 Å². The predicted molar refractivity (Wildman–Crippen MR) is 98.4 cm³/mol.